The first-order valence-electron chi connectivity index (χ1n) is 6.49. The van der Waals surface area contributed by atoms with Gasteiger partial charge in [-0.2, -0.15) is 0 Å². The third kappa shape index (κ3) is 4.86. The van der Waals surface area contributed by atoms with Crippen LogP contribution in [-0.4, -0.2) is 18.5 Å². The molecule has 0 saturated carbocycles. The van der Waals surface area contributed by atoms with Gasteiger partial charge in [0.2, 0.25) is 0 Å². The van der Waals surface area contributed by atoms with Gasteiger partial charge in [-0.3, -0.25) is 4.79 Å². The fraction of sp³-hybridized carbons (Fsp3) is 0.125. The van der Waals surface area contributed by atoms with Gasteiger partial charge in [0, 0.05) is 11.0 Å². The molecule has 6 heteroatoms. The molecular formula is C16H13BrClNO3. The smallest absolute Gasteiger partial charge is 0.340 e. The zero-order valence-electron chi connectivity index (χ0n) is 11.5. The Morgan fingerprint density at radius 1 is 1.14 bits per heavy atom. The molecule has 0 atom stereocenters. The van der Waals surface area contributed by atoms with E-state index in [0.29, 0.717) is 11.0 Å². The molecule has 114 valence electrons. The van der Waals surface area contributed by atoms with Crippen molar-refractivity contribution < 1.29 is 14.3 Å². The van der Waals surface area contributed by atoms with Crippen molar-refractivity contribution in [2.75, 3.05) is 6.61 Å². The summed E-state index contributed by atoms with van der Waals surface area (Å²) in [5.74, 6) is -1.01. The van der Waals surface area contributed by atoms with Gasteiger partial charge in [-0.25, -0.2) is 4.79 Å². The molecular weight excluding hydrogens is 370 g/mol. The molecule has 0 radical (unpaired) electrons. The topological polar surface area (TPSA) is 55.4 Å². The van der Waals surface area contributed by atoms with Crippen LogP contribution in [0.4, 0.5) is 0 Å². The number of ether oxygens (including phenoxy) is 1. The summed E-state index contributed by atoms with van der Waals surface area (Å²) in [4.78, 5) is 23.6. The Balaban J connectivity index is 1.83. The van der Waals surface area contributed by atoms with Gasteiger partial charge in [-0.1, -0.05) is 57.9 Å². The number of carbonyl (C=O) groups excluding carboxylic acids is 2. The van der Waals surface area contributed by atoms with Gasteiger partial charge < -0.3 is 10.1 Å². The van der Waals surface area contributed by atoms with E-state index in [0.717, 1.165) is 5.56 Å². The largest absolute Gasteiger partial charge is 0.452 e. The predicted octanol–water partition coefficient (Wildman–Crippen LogP) is 3.58. The molecule has 0 spiro atoms. The summed E-state index contributed by atoms with van der Waals surface area (Å²) >= 11 is 9.18. The Morgan fingerprint density at radius 2 is 1.86 bits per heavy atom. The number of carbonyl (C=O) groups is 2. The number of esters is 1. The maximum atomic E-state index is 11.9. The van der Waals surface area contributed by atoms with Crippen LogP contribution in [0.15, 0.2) is 53.0 Å². The van der Waals surface area contributed by atoms with Crippen molar-refractivity contribution in [2.45, 2.75) is 6.54 Å². The Kier molecular flexibility index (Phi) is 5.98. The third-order valence-corrected chi connectivity index (χ3v) is 3.64. The second kappa shape index (κ2) is 7.96. The van der Waals surface area contributed by atoms with E-state index < -0.39 is 5.97 Å². The molecule has 0 aliphatic carbocycles. The molecule has 4 nitrogen and oxygen atoms in total. The Bertz CT molecular complexity index is 676. The van der Waals surface area contributed by atoms with Crippen LogP contribution in [0.25, 0.3) is 0 Å². The van der Waals surface area contributed by atoms with E-state index in [1.165, 1.54) is 0 Å². The van der Waals surface area contributed by atoms with Crippen molar-refractivity contribution >= 4 is 39.4 Å². The molecule has 1 N–H and O–H groups in total. The summed E-state index contributed by atoms with van der Waals surface area (Å²) in [5, 5.41) is 2.95. The minimum Gasteiger partial charge on any atom is -0.452 e. The first-order chi connectivity index (χ1) is 10.6. The number of rotatable bonds is 5. The van der Waals surface area contributed by atoms with Crippen LogP contribution < -0.4 is 5.32 Å². The van der Waals surface area contributed by atoms with Crippen LogP contribution in [0.2, 0.25) is 5.02 Å². The zero-order valence-corrected chi connectivity index (χ0v) is 13.9. The summed E-state index contributed by atoms with van der Waals surface area (Å²) in [7, 11) is 0. The molecule has 2 rings (SSSR count). The molecule has 0 heterocycles. The second-order valence-electron chi connectivity index (χ2n) is 4.46. The average molecular weight is 383 g/mol. The van der Waals surface area contributed by atoms with Crippen LogP contribution in [0, 0.1) is 0 Å². The molecule has 0 fully saturated rings. The van der Waals surface area contributed by atoms with Crippen molar-refractivity contribution in [3.8, 4) is 0 Å². The summed E-state index contributed by atoms with van der Waals surface area (Å²) in [5.41, 5.74) is 1.18. The van der Waals surface area contributed by atoms with Gasteiger partial charge in [-0.15, -0.1) is 0 Å². The highest BCUT2D eigenvalue weighted by atomic mass is 79.9. The van der Waals surface area contributed by atoms with Gasteiger partial charge in [-0.05, 0) is 23.8 Å². The maximum absolute atomic E-state index is 11.9. The normalized spacial score (nSPS) is 10.1. The van der Waals surface area contributed by atoms with Gasteiger partial charge in [0.15, 0.2) is 6.61 Å². The van der Waals surface area contributed by atoms with Crippen LogP contribution in [-0.2, 0) is 16.1 Å². The van der Waals surface area contributed by atoms with E-state index in [1.807, 2.05) is 30.3 Å². The van der Waals surface area contributed by atoms with E-state index in [-0.39, 0.29) is 23.1 Å². The van der Waals surface area contributed by atoms with Gasteiger partial charge >= 0.3 is 5.97 Å². The maximum Gasteiger partial charge on any atom is 0.340 e. The number of nitrogens with one attached hydrogen (secondary N) is 1. The summed E-state index contributed by atoms with van der Waals surface area (Å²) in [6.07, 6.45) is 0. The first-order valence-corrected chi connectivity index (χ1v) is 7.66. The van der Waals surface area contributed by atoms with Crippen LogP contribution in [0.3, 0.4) is 0 Å². The lowest BCUT2D eigenvalue weighted by molar-refractivity contribution is -0.124. The highest BCUT2D eigenvalue weighted by Gasteiger charge is 2.14. The van der Waals surface area contributed by atoms with Crippen molar-refractivity contribution in [3.05, 3.63) is 69.2 Å². The number of amides is 1. The number of hydrogen-bond donors (Lipinski definition) is 1. The Morgan fingerprint density at radius 3 is 2.59 bits per heavy atom. The number of halogens is 2. The SMILES string of the molecule is O=C(COC(=O)c1cc(Br)ccc1Cl)NCc1ccccc1. The summed E-state index contributed by atoms with van der Waals surface area (Å²) in [6.45, 7) is 0.0311. The minimum atomic E-state index is -0.638. The fourth-order valence-electron chi connectivity index (χ4n) is 1.71. The lowest BCUT2D eigenvalue weighted by Crippen LogP contribution is -2.28. The average Bonchev–Trinajstić information content (AvgIpc) is 2.54. The molecule has 0 saturated heterocycles. The van der Waals surface area contributed by atoms with E-state index in [2.05, 4.69) is 21.2 Å². The molecule has 22 heavy (non-hydrogen) atoms. The number of benzene rings is 2. The van der Waals surface area contributed by atoms with Crippen LogP contribution in [0.1, 0.15) is 15.9 Å². The van der Waals surface area contributed by atoms with E-state index in [4.69, 9.17) is 16.3 Å². The molecule has 0 aliphatic heterocycles. The molecule has 1 amide bonds. The summed E-state index contributed by atoms with van der Waals surface area (Å²) in [6, 6.07) is 14.3. The minimum absolute atomic E-state index is 0.215. The predicted molar refractivity (Wildman–Crippen MR) is 87.7 cm³/mol. The molecule has 0 aliphatic rings. The van der Waals surface area contributed by atoms with Crippen molar-refractivity contribution in [1.29, 1.82) is 0 Å². The second-order valence-corrected chi connectivity index (χ2v) is 5.79. The lowest BCUT2D eigenvalue weighted by atomic mass is 10.2. The third-order valence-electron chi connectivity index (χ3n) is 2.82. The van der Waals surface area contributed by atoms with Gasteiger partial charge in [0.25, 0.3) is 5.91 Å². The van der Waals surface area contributed by atoms with Gasteiger partial charge in [0.05, 0.1) is 10.6 Å². The molecule has 0 unspecified atom stereocenters. The standard InChI is InChI=1S/C16H13BrClNO3/c17-12-6-7-14(18)13(8-12)16(21)22-10-15(20)19-9-11-4-2-1-3-5-11/h1-8H,9-10H2,(H,19,20). The van der Waals surface area contributed by atoms with Crippen molar-refractivity contribution in [2.24, 2.45) is 0 Å². The van der Waals surface area contributed by atoms with Crippen molar-refractivity contribution in [3.63, 3.8) is 0 Å². The Hall–Kier alpha value is -1.85. The fourth-order valence-corrected chi connectivity index (χ4v) is 2.27. The number of hydrogen-bond acceptors (Lipinski definition) is 3. The van der Waals surface area contributed by atoms with E-state index in [1.54, 1.807) is 18.2 Å². The molecule has 2 aromatic rings. The van der Waals surface area contributed by atoms with E-state index >= 15 is 0 Å². The molecule has 0 bridgehead atoms. The lowest BCUT2D eigenvalue weighted by Gasteiger charge is -2.08. The first kappa shape index (κ1) is 16.5. The summed E-state index contributed by atoms with van der Waals surface area (Å²) < 4.78 is 5.66. The van der Waals surface area contributed by atoms with E-state index in [9.17, 15) is 9.59 Å². The monoisotopic (exact) mass is 381 g/mol. The zero-order chi connectivity index (χ0) is 15.9. The van der Waals surface area contributed by atoms with Crippen molar-refractivity contribution in [1.82, 2.24) is 5.32 Å². The van der Waals surface area contributed by atoms with Gasteiger partial charge in [0.1, 0.15) is 0 Å². The molecule has 2 aromatic carbocycles. The highest BCUT2D eigenvalue weighted by molar-refractivity contribution is 9.10. The van der Waals surface area contributed by atoms with Crippen LogP contribution >= 0.6 is 27.5 Å². The molecule has 0 aromatic heterocycles. The van der Waals surface area contributed by atoms with Crippen LogP contribution in [0.5, 0.6) is 0 Å². The Labute approximate surface area is 141 Å². The quantitative estimate of drug-likeness (QED) is 0.804. The highest BCUT2D eigenvalue weighted by Crippen LogP contribution is 2.21.